The first kappa shape index (κ1) is 16.7. The van der Waals surface area contributed by atoms with E-state index in [0.29, 0.717) is 11.3 Å². The lowest BCUT2D eigenvalue weighted by atomic mass is 10.1. The minimum atomic E-state index is -0.974. The number of hydrogen-bond donors (Lipinski definition) is 2. The molecule has 114 valence electrons. The zero-order valence-electron chi connectivity index (χ0n) is 12.3. The maximum Gasteiger partial charge on any atom is 0.308 e. The Morgan fingerprint density at radius 1 is 1.29 bits per heavy atom. The Morgan fingerprint density at radius 3 is 2.52 bits per heavy atom. The van der Waals surface area contributed by atoms with E-state index in [1.54, 1.807) is 31.2 Å². The number of ether oxygens (including phenoxy) is 1. The van der Waals surface area contributed by atoms with Crippen LogP contribution in [0.25, 0.3) is 0 Å². The van der Waals surface area contributed by atoms with E-state index in [2.05, 4.69) is 5.32 Å². The first-order valence-corrected chi connectivity index (χ1v) is 6.59. The number of carboxylic acids is 1. The molecule has 0 aliphatic heterocycles. The summed E-state index contributed by atoms with van der Waals surface area (Å²) in [5, 5.41) is 11.2. The summed E-state index contributed by atoms with van der Waals surface area (Å²) in [6.45, 7) is 4.55. The predicted molar refractivity (Wildman–Crippen MR) is 76.3 cm³/mol. The van der Waals surface area contributed by atoms with Gasteiger partial charge in [0, 0.05) is 12.1 Å². The summed E-state index contributed by atoms with van der Waals surface area (Å²) in [4.78, 5) is 33.7. The summed E-state index contributed by atoms with van der Waals surface area (Å²) < 4.78 is 5.45. The minimum absolute atomic E-state index is 0.0371. The normalized spacial score (nSPS) is 13.1. The summed E-state index contributed by atoms with van der Waals surface area (Å²) in [5.41, 5.74) is 0.500. The van der Waals surface area contributed by atoms with Crippen LogP contribution in [0.1, 0.15) is 31.1 Å². The molecule has 0 spiro atoms. The summed E-state index contributed by atoms with van der Waals surface area (Å²) in [6, 6.07) is 6.54. The van der Waals surface area contributed by atoms with Crippen LogP contribution in [-0.2, 0) is 9.59 Å². The summed E-state index contributed by atoms with van der Waals surface area (Å²) in [7, 11) is 0. The second-order valence-corrected chi connectivity index (χ2v) is 4.83. The number of nitrogens with one attached hydrogen (secondary N) is 1. The fourth-order valence-corrected chi connectivity index (χ4v) is 1.53. The van der Waals surface area contributed by atoms with Crippen molar-refractivity contribution in [1.82, 2.24) is 5.32 Å². The van der Waals surface area contributed by atoms with Crippen molar-refractivity contribution < 1.29 is 24.2 Å². The summed E-state index contributed by atoms with van der Waals surface area (Å²) in [5.74, 6) is -1.72. The van der Waals surface area contributed by atoms with E-state index in [1.807, 2.05) is 0 Å². The van der Waals surface area contributed by atoms with Crippen molar-refractivity contribution in [3.63, 3.8) is 0 Å². The molecular weight excluding hydrogens is 274 g/mol. The molecule has 2 unspecified atom stereocenters. The van der Waals surface area contributed by atoms with Gasteiger partial charge in [-0.3, -0.25) is 14.4 Å². The molecule has 1 aromatic carbocycles. The van der Waals surface area contributed by atoms with Gasteiger partial charge in [0.1, 0.15) is 5.75 Å². The second kappa shape index (κ2) is 7.42. The van der Waals surface area contributed by atoms with Crippen molar-refractivity contribution in [3.05, 3.63) is 29.8 Å². The van der Waals surface area contributed by atoms with Gasteiger partial charge in [-0.25, -0.2) is 0 Å². The number of benzene rings is 1. The molecule has 21 heavy (non-hydrogen) atoms. The Labute approximate surface area is 123 Å². The highest BCUT2D eigenvalue weighted by molar-refractivity contribution is 5.94. The van der Waals surface area contributed by atoms with Gasteiger partial charge in [-0.2, -0.15) is 0 Å². The maximum atomic E-state index is 11.8. The monoisotopic (exact) mass is 293 g/mol. The Bertz CT molecular complexity index is 541. The van der Waals surface area contributed by atoms with Crippen LogP contribution in [-0.4, -0.2) is 35.4 Å². The zero-order valence-corrected chi connectivity index (χ0v) is 12.3. The third-order valence-corrected chi connectivity index (χ3v) is 2.93. The van der Waals surface area contributed by atoms with Gasteiger partial charge in [-0.15, -0.1) is 0 Å². The molecule has 6 nitrogen and oxygen atoms in total. The Hall–Kier alpha value is -2.37. The minimum Gasteiger partial charge on any atom is -0.481 e. The van der Waals surface area contributed by atoms with E-state index in [0.717, 1.165) is 0 Å². The van der Waals surface area contributed by atoms with Gasteiger partial charge in [-0.05, 0) is 26.0 Å². The third kappa shape index (κ3) is 5.25. The average molecular weight is 293 g/mol. The van der Waals surface area contributed by atoms with E-state index in [9.17, 15) is 14.4 Å². The molecule has 2 atom stereocenters. The fraction of sp³-hybridized carbons (Fsp3) is 0.400. The Balaban J connectivity index is 2.58. The molecule has 1 amide bonds. The van der Waals surface area contributed by atoms with Gasteiger partial charge in [0.15, 0.2) is 11.9 Å². The lowest BCUT2D eigenvalue weighted by Gasteiger charge is -2.16. The molecule has 1 rings (SSSR count). The molecule has 0 fully saturated rings. The van der Waals surface area contributed by atoms with Crippen molar-refractivity contribution in [2.45, 2.75) is 26.9 Å². The van der Waals surface area contributed by atoms with Crippen LogP contribution in [0, 0.1) is 5.92 Å². The summed E-state index contributed by atoms with van der Waals surface area (Å²) >= 11 is 0. The van der Waals surface area contributed by atoms with E-state index in [-0.39, 0.29) is 12.3 Å². The molecule has 0 saturated carbocycles. The largest absolute Gasteiger partial charge is 0.481 e. The van der Waals surface area contributed by atoms with Crippen LogP contribution in [0.4, 0.5) is 0 Å². The average Bonchev–Trinajstić information content (AvgIpc) is 2.44. The quantitative estimate of drug-likeness (QED) is 0.743. The first-order valence-electron chi connectivity index (χ1n) is 6.59. The van der Waals surface area contributed by atoms with Crippen LogP contribution >= 0.6 is 0 Å². The Kier molecular flexibility index (Phi) is 5.90. The second-order valence-electron chi connectivity index (χ2n) is 4.83. The van der Waals surface area contributed by atoms with E-state index >= 15 is 0 Å². The summed E-state index contributed by atoms with van der Waals surface area (Å²) in [6.07, 6.45) is -0.784. The smallest absolute Gasteiger partial charge is 0.308 e. The maximum absolute atomic E-state index is 11.8. The highest BCUT2D eigenvalue weighted by Crippen LogP contribution is 2.15. The fourth-order valence-electron chi connectivity index (χ4n) is 1.53. The highest BCUT2D eigenvalue weighted by atomic mass is 16.5. The molecule has 0 aromatic heterocycles. The predicted octanol–water partition coefficient (Wildman–Crippen LogP) is 1.49. The molecule has 0 heterocycles. The number of amides is 1. The van der Waals surface area contributed by atoms with Crippen LogP contribution < -0.4 is 10.1 Å². The molecule has 0 radical (unpaired) electrons. The third-order valence-electron chi connectivity index (χ3n) is 2.93. The lowest BCUT2D eigenvalue weighted by molar-refractivity contribution is -0.141. The van der Waals surface area contributed by atoms with Gasteiger partial charge in [-0.1, -0.05) is 19.1 Å². The lowest BCUT2D eigenvalue weighted by Crippen LogP contribution is -2.39. The number of rotatable bonds is 7. The number of carbonyl (C=O) groups excluding carboxylic acids is 2. The standard InChI is InChI=1S/C15H19NO5/c1-9(15(19)20)8-16-14(18)11(3)21-13-6-4-5-12(7-13)10(2)17/h4-7,9,11H,8H2,1-3H3,(H,16,18)(H,19,20). The van der Waals surface area contributed by atoms with Crippen LogP contribution in [0.5, 0.6) is 5.75 Å². The van der Waals surface area contributed by atoms with Crippen molar-refractivity contribution in [2.75, 3.05) is 6.54 Å². The molecule has 6 heteroatoms. The van der Waals surface area contributed by atoms with Crippen molar-refractivity contribution in [3.8, 4) is 5.75 Å². The SMILES string of the molecule is CC(=O)c1cccc(OC(C)C(=O)NCC(C)C(=O)O)c1. The number of aliphatic carboxylic acids is 1. The molecule has 0 aliphatic carbocycles. The number of hydrogen-bond acceptors (Lipinski definition) is 4. The topological polar surface area (TPSA) is 92.7 Å². The molecule has 0 aliphatic rings. The number of ketones is 1. The van der Waals surface area contributed by atoms with Crippen molar-refractivity contribution >= 4 is 17.7 Å². The molecule has 1 aromatic rings. The molecule has 0 bridgehead atoms. The van der Waals surface area contributed by atoms with E-state index in [1.165, 1.54) is 13.8 Å². The van der Waals surface area contributed by atoms with E-state index in [4.69, 9.17) is 9.84 Å². The van der Waals surface area contributed by atoms with Crippen LogP contribution in [0.15, 0.2) is 24.3 Å². The first-order chi connectivity index (χ1) is 9.81. The van der Waals surface area contributed by atoms with Crippen molar-refractivity contribution in [2.24, 2.45) is 5.92 Å². The van der Waals surface area contributed by atoms with Gasteiger partial charge < -0.3 is 15.2 Å². The van der Waals surface area contributed by atoms with Crippen LogP contribution in [0.3, 0.4) is 0 Å². The molecular formula is C15H19NO5. The number of Topliss-reactive ketones (excluding diaryl/α,β-unsaturated/α-hetero) is 1. The molecule has 0 saturated heterocycles. The van der Waals surface area contributed by atoms with Gasteiger partial charge >= 0.3 is 5.97 Å². The molecule has 2 N–H and O–H groups in total. The van der Waals surface area contributed by atoms with Crippen LogP contribution in [0.2, 0.25) is 0 Å². The Morgan fingerprint density at radius 2 is 1.95 bits per heavy atom. The van der Waals surface area contributed by atoms with Gasteiger partial charge in [0.25, 0.3) is 5.91 Å². The number of carboxylic acid groups (broad SMARTS) is 1. The van der Waals surface area contributed by atoms with Gasteiger partial charge in [0.05, 0.1) is 5.92 Å². The van der Waals surface area contributed by atoms with Gasteiger partial charge in [0.2, 0.25) is 0 Å². The number of carbonyl (C=O) groups is 3. The van der Waals surface area contributed by atoms with E-state index < -0.39 is 23.9 Å². The van der Waals surface area contributed by atoms with Crippen molar-refractivity contribution in [1.29, 1.82) is 0 Å². The zero-order chi connectivity index (χ0) is 16.0. The highest BCUT2D eigenvalue weighted by Gasteiger charge is 2.18.